The second-order valence-corrected chi connectivity index (χ2v) is 8.64. The van der Waals surface area contributed by atoms with Gasteiger partial charge >= 0.3 is 12.0 Å². The number of hydrogen-bond donors (Lipinski definition) is 2. The number of benzene rings is 2. The molecule has 0 bridgehead atoms. The normalized spacial score (nSPS) is 15.6. The lowest BCUT2D eigenvalue weighted by molar-refractivity contribution is -0.143. The van der Waals surface area contributed by atoms with Crippen LogP contribution in [0.25, 0.3) is 0 Å². The van der Waals surface area contributed by atoms with E-state index in [0.29, 0.717) is 41.4 Å². The molecule has 2 N–H and O–H groups in total. The maximum absolute atomic E-state index is 13.2. The van der Waals surface area contributed by atoms with Crippen molar-refractivity contribution in [3.8, 4) is 11.5 Å². The first-order chi connectivity index (χ1) is 16.3. The van der Waals surface area contributed by atoms with Crippen molar-refractivity contribution in [2.75, 3.05) is 7.11 Å². The lowest BCUT2D eigenvalue weighted by atomic mass is 9.92. The predicted octanol–water partition coefficient (Wildman–Crippen LogP) is 5.33. The zero-order chi connectivity index (χ0) is 24.7. The van der Waals surface area contributed by atoms with E-state index in [0.717, 1.165) is 24.0 Å². The fourth-order valence-electron chi connectivity index (χ4n) is 3.95. The molecular formula is C27H34N2O5. The molecule has 1 atom stereocenters. The molecule has 0 aliphatic carbocycles. The van der Waals surface area contributed by atoms with Crippen molar-refractivity contribution in [3.05, 3.63) is 70.4 Å². The highest BCUT2D eigenvalue weighted by Gasteiger charge is 2.36. The van der Waals surface area contributed by atoms with Gasteiger partial charge in [0, 0.05) is 11.3 Å². The van der Waals surface area contributed by atoms with E-state index >= 15 is 0 Å². The van der Waals surface area contributed by atoms with E-state index in [4.69, 9.17) is 14.2 Å². The summed E-state index contributed by atoms with van der Waals surface area (Å²) in [5, 5.41) is 5.72. The highest BCUT2D eigenvalue weighted by atomic mass is 16.5. The van der Waals surface area contributed by atoms with E-state index in [9.17, 15) is 9.59 Å². The van der Waals surface area contributed by atoms with Crippen LogP contribution in [0.2, 0.25) is 0 Å². The van der Waals surface area contributed by atoms with Crippen molar-refractivity contribution in [1.82, 2.24) is 10.6 Å². The van der Waals surface area contributed by atoms with Crippen LogP contribution in [0.3, 0.4) is 0 Å². The molecule has 2 amide bonds. The predicted molar refractivity (Wildman–Crippen MR) is 131 cm³/mol. The zero-order valence-corrected chi connectivity index (χ0v) is 20.6. The van der Waals surface area contributed by atoms with E-state index < -0.39 is 12.0 Å². The number of amides is 2. The van der Waals surface area contributed by atoms with Crippen molar-refractivity contribution in [3.63, 3.8) is 0 Å². The van der Waals surface area contributed by atoms with Crippen LogP contribution in [0.5, 0.6) is 11.5 Å². The Hall–Kier alpha value is -3.48. The number of nitrogens with one attached hydrogen (secondary N) is 2. The average Bonchev–Trinajstić information content (AvgIpc) is 2.80. The first-order valence-corrected chi connectivity index (χ1v) is 11.7. The van der Waals surface area contributed by atoms with Crippen LogP contribution >= 0.6 is 0 Å². The Kier molecular flexibility index (Phi) is 8.57. The maximum atomic E-state index is 13.2. The Bertz CT molecular complexity index is 1060. The number of carbonyl (C=O) groups is 2. The average molecular weight is 467 g/mol. The molecular weight excluding hydrogens is 432 g/mol. The molecule has 0 spiro atoms. The standard InChI is InChI=1S/C27H34N2O5/c1-6-7-13-21-23(26(30)34-17(2)3)24(29-27(31)28-21)20-12-9-14-22(32-5)25(20)33-16-19-11-8-10-18(4)15-19/h8-12,14-15,17,24H,6-7,13,16H2,1-5H3,(H2,28,29,31). The third-order valence-electron chi connectivity index (χ3n) is 5.50. The van der Waals surface area contributed by atoms with Gasteiger partial charge < -0.3 is 24.8 Å². The fourth-order valence-corrected chi connectivity index (χ4v) is 3.95. The van der Waals surface area contributed by atoms with Crippen LogP contribution in [-0.4, -0.2) is 25.2 Å². The first kappa shape index (κ1) is 25.1. The Morgan fingerprint density at radius 3 is 2.59 bits per heavy atom. The fraction of sp³-hybridized carbons (Fsp3) is 0.407. The third kappa shape index (κ3) is 6.10. The van der Waals surface area contributed by atoms with E-state index in [1.54, 1.807) is 27.0 Å². The summed E-state index contributed by atoms with van der Waals surface area (Å²) in [4.78, 5) is 25.8. The van der Waals surface area contributed by atoms with Crippen LogP contribution in [0.1, 0.15) is 62.8 Å². The van der Waals surface area contributed by atoms with Crippen molar-refractivity contribution < 1.29 is 23.8 Å². The molecule has 3 rings (SSSR count). The number of ether oxygens (including phenoxy) is 3. The smallest absolute Gasteiger partial charge is 0.338 e. The van der Waals surface area contributed by atoms with Gasteiger partial charge in [0.25, 0.3) is 0 Å². The zero-order valence-electron chi connectivity index (χ0n) is 20.6. The molecule has 34 heavy (non-hydrogen) atoms. The highest BCUT2D eigenvalue weighted by molar-refractivity contribution is 5.95. The number of carbonyl (C=O) groups excluding carboxylic acids is 2. The van der Waals surface area contributed by atoms with E-state index in [1.165, 1.54) is 0 Å². The monoisotopic (exact) mass is 466 g/mol. The quantitative estimate of drug-likeness (QED) is 0.462. The number of methoxy groups -OCH3 is 1. The van der Waals surface area contributed by atoms with Gasteiger partial charge in [-0.05, 0) is 45.2 Å². The molecule has 1 heterocycles. The summed E-state index contributed by atoms with van der Waals surface area (Å²) < 4.78 is 17.4. The van der Waals surface area contributed by atoms with Gasteiger partial charge in [0.15, 0.2) is 11.5 Å². The van der Waals surface area contributed by atoms with E-state index in [1.807, 2.05) is 37.3 Å². The van der Waals surface area contributed by atoms with Crippen LogP contribution in [0.4, 0.5) is 4.79 Å². The molecule has 1 unspecified atom stereocenters. The molecule has 7 nitrogen and oxygen atoms in total. The van der Waals surface area contributed by atoms with Gasteiger partial charge in [0.1, 0.15) is 6.61 Å². The lowest BCUT2D eigenvalue weighted by Gasteiger charge is -2.31. The SMILES string of the molecule is CCCCC1=C(C(=O)OC(C)C)C(c2cccc(OC)c2OCc2cccc(C)c2)NC(=O)N1. The Morgan fingerprint density at radius 2 is 1.91 bits per heavy atom. The molecule has 2 aromatic rings. The molecule has 1 aliphatic heterocycles. The largest absolute Gasteiger partial charge is 0.493 e. The molecule has 1 aliphatic rings. The summed E-state index contributed by atoms with van der Waals surface area (Å²) in [5.41, 5.74) is 3.73. The van der Waals surface area contributed by atoms with Gasteiger partial charge in [0.05, 0.1) is 24.8 Å². The Morgan fingerprint density at radius 1 is 1.15 bits per heavy atom. The molecule has 0 aromatic heterocycles. The summed E-state index contributed by atoms with van der Waals surface area (Å²) in [6.45, 7) is 8.00. The number of aryl methyl sites for hydroxylation is 1. The second-order valence-electron chi connectivity index (χ2n) is 8.64. The van der Waals surface area contributed by atoms with Crippen molar-refractivity contribution in [2.24, 2.45) is 0 Å². The molecule has 0 fully saturated rings. The van der Waals surface area contributed by atoms with Gasteiger partial charge in [-0.3, -0.25) is 0 Å². The van der Waals surface area contributed by atoms with Crippen LogP contribution in [0.15, 0.2) is 53.7 Å². The number of allylic oxidation sites excluding steroid dienone is 1. The maximum Gasteiger partial charge on any atom is 0.338 e. The summed E-state index contributed by atoms with van der Waals surface area (Å²) in [6, 6.07) is 12.4. The Labute approximate surface area is 201 Å². The summed E-state index contributed by atoms with van der Waals surface area (Å²) in [6.07, 6.45) is 2.02. The highest BCUT2D eigenvalue weighted by Crippen LogP contribution is 2.40. The number of urea groups is 1. The van der Waals surface area contributed by atoms with Gasteiger partial charge in [-0.15, -0.1) is 0 Å². The molecule has 0 saturated heterocycles. The summed E-state index contributed by atoms with van der Waals surface area (Å²) in [5.74, 6) is 0.527. The van der Waals surface area contributed by atoms with Gasteiger partial charge in [-0.2, -0.15) is 0 Å². The minimum atomic E-state index is -0.741. The van der Waals surface area contributed by atoms with Gasteiger partial charge in [-0.1, -0.05) is 55.3 Å². The number of esters is 1. The van der Waals surface area contributed by atoms with Crippen LogP contribution < -0.4 is 20.1 Å². The van der Waals surface area contributed by atoms with Crippen LogP contribution in [-0.2, 0) is 16.1 Å². The van der Waals surface area contributed by atoms with E-state index in [2.05, 4.69) is 23.6 Å². The summed E-state index contributed by atoms with van der Waals surface area (Å²) in [7, 11) is 1.57. The molecule has 7 heteroatoms. The molecule has 0 radical (unpaired) electrons. The van der Waals surface area contributed by atoms with Gasteiger partial charge in [-0.25, -0.2) is 9.59 Å². The molecule has 182 valence electrons. The van der Waals surface area contributed by atoms with Crippen LogP contribution in [0, 0.1) is 6.92 Å². The number of hydrogen-bond acceptors (Lipinski definition) is 5. The number of para-hydroxylation sites is 1. The minimum absolute atomic E-state index is 0.298. The van der Waals surface area contributed by atoms with Crippen molar-refractivity contribution in [1.29, 1.82) is 0 Å². The van der Waals surface area contributed by atoms with Gasteiger partial charge in [0.2, 0.25) is 0 Å². The lowest BCUT2D eigenvalue weighted by Crippen LogP contribution is -2.46. The summed E-state index contributed by atoms with van der Waals surface area (Å²) >= 11 is 0. The minimum Gasteiger partial charge on any atom is -0.493 e. The Balaban J connectivity index is 2.07. The number of rotatable bonds is 10. The number of unbranched alkanes of at least 4 members (excludes halogenated alkanes) is 1. The van der Waals surface area contributed by atoms with E-state index in [-0.39, 0.29) is 12.1 Å². The van der Waals surface area contributed by atoms with Crippen molar-refractivity contribution in [2.45, 2.75) is 65.7 Å². The molecule has 0 saturated carbocycles. The van der Waals surface area contributed by atoms with Crippen molar-refractivity contribution >= 4 is 12.0 Å². The first-order valence-electron chi connectivity index (χ1n) is 11.7. The third-order valence-corrected chi connectivity index (χ3v) is 5.50. The second kappa shape index (κ2) is 11.6. The topological polar surface area (TPSA) is 85.9 Å². The molecule has 2 aromatic carbocycles.